The highest BCUT2D eigenvalue weighted by Gasteiger charge is 2.22. The summed E-state index contributed by atoms with van der Waals surface area (Å²) in [5.41, 5.74) is 9.27. The average molecular weight is 237 g/mol. The lowest BCUT2D eigenvalue weighted by Gasteiger charge is -2.21. The number of aromatic amines is 1. The third-order valence-corrected chi connectivity index (χ3v) is 3.70. The van der Waals surface area contributed by atoms with Crippen LogP contribution in [0.15, 0.2) is 18.3 Å². The molecule has 0 spiro atoms. The molecule has 2 rings (SSSR count). The summed E-state index contributed by atoms with van der Waals surface area (Å²) >= 11 is 6.10. The molecule has 0 bridgehead atoms. The zero-order chi connectivity index (χ0) is 11.9. The molecule has 0 aliphatic rings. The summed E-state index contributed by atoms with van der Waals surface area (Å²) in [6, 6.07) is 4.01. The number of nitrogens with one attached hydrogen (secondary N) is 1. The molecule has 0 saturated heterocycles. The van der Waals surface area contributed by atoms with Crippen LogP contribution in [-0.4, -0.2) is 11.5 Å². The quantitative estimate of drug-likeness (QED) is 0.825. The van der Waals surface area contributed by atoms with Crippen LogP contribution < -0.4 is 5.73 Å². The minimum atomic E-state index is -0.0154. The number of aryl methyl sites for hydroxylation is 1. The molecule has 16 heavy (non-hydrogen) atoms. The lowest BCUT2D eigenvalue weighted by molar-refractivity contribution is 0.544. The molecule has 0 unspecified atom stereocenters. The molecular formula is C13H17ClN2. The van der Waals surface area contributed by atoms with Gasteiger partial charge in [-0.05, 0) is 24.1 Å². The number of hydrogen-bond acceptors (Lipinski definition) is 1. The van der Waals surface area contributed by atoms with Gasteiger partial charge >= 0.3 is 0 Å². The molecule has 3 heteroatoms. The van der Waals surface area contributed by atoms with Crippen molar-refractivity contribution >= 4 is 22.5 Å². The van der Waals surface area contributed by atoms with Gasteiger partial charge in [0.25, 0.3) is 0 Å². The molecule has 0 atom stereocenters. The van der Waals surface area contributed by atoms with E-state index in [1.807, 2.05) is 19.2 Å². The topological polar surface area (TPSA) is 41.8 Å². The second-order valence-corrected chi connectivity index (χ2v) is 5.29. The largest absolute Gasteiger partial charge is 0.361 e. The van der Waals surface area contributed by atoms with Crippen LogP contribution in [0, 0.1) is 6.92 Å². The Balaban J connectivity index is 2.72. The number of benzene rings is 1. The average Bonchev–Trinajstić information content (AvgIpc) is 2.68. The van der Waals surface area contributed by atoms with Gasteiger partial charge in [-0.2, -0.15) is 0 Å². The first-order valence-corrected chi connectivity index (χ1v) is 5.82. The van der Waals surface area contributed by atoms with Gasteiger partial charge in [-0.15, -0.1) is 0 Å². The first-order chi connectivity index (χ1) is 7.47. The van der Waals surface area contributed by atoms with E-state index in [0.717, 1.165) is 16.1 Å². The zero-order valence-electron chi connectivity index (χ0n) is 9.89. The second-order valence-electron chi connectivity index (χ2n) is 4.89. The van der Waals surface area contributed by atoms with Crippen molar-refractivity contribution in [3.8, 4) is 0 Å². The molecular weight excluding hydrogens is 220 g/mol. The third-order valence-electron chi connectivity index (χ3n) is 3.29. The number of hydrogen-bond donors (Lipinski definition) is 2. The molecule has 2 aromatic rings. The number of fused-ring (bicyclic) bond motifs is 1. The molecule has 2 nitrogen and oxygen atoms in total. The Kier molecular flexibility index (Phi) is 2.72. The van der Waals surface area contributed by atoms with E-state index in [1.54, 1.807) is 0 Å². The maximum absolute atomic E-state index is 6.10. The van der Waals surface area contributed by atoms with E-state index in [0.29, 0.717) is 6.54 Å². The molecule has 0 amide bonds. The lowest BCUT2D eigenvalue weighted by Crippen LogP contribution is -2.27. The van der Waals surface area contributed by atoms with E-state index in [9.17, 15) is 0 Å². The Hall–Kier alpha value is -0.990. The molecule has 0 aliphatic heterocycles. The fourth-order valence-corrected chi connectivity index (χ4v) is 2.15. The summed E-state index contributed by atoms with van der Waals surface area (Å²) in [7, 11) is 0. The SMILES string of the molecule is Cc1c(Cl)ccc2c(C(C)(C)CN)c[nH]c12. The standard InChI is InChI=1S/C13H17ClN2/c1-8-11(14)5-4-9-10(6-16-12(8)9)13(2,3)7-15/h4-6,16H,7,15H2,1-3H3. The molecule has 1 aromatic heterocycles. The predicted octanol–water partition coefficient (Wildman–Crippen LogP) is 3.37. The maximum atomic E-state index is 6.10. The first-order valence-electron chi connectivity index (χ1n) is 5.44. The van der Waals surface area contributed by atoms with E-state index in [2.05, 4.69) is 24.9 Å². The van der Waals surface area contributed by atoms with Crippen molar-refractivity contribution in [1.29, 1.82) is 0 Å². The molecule has 1 heterocycles. The highest BCUT2D eigenvalue weighted by Crippen LogP contribution is 2.33. The van der Waals surface area contributed by atoms with Gasteiger partial charge in [-0.3, -0.25) is 0 Å². The number of H-pyrrole nitrogens is 1. The molecule has 0 saturated carbocycles. The van der Waals surface area contributed by atoms with Crippen molar-refractivity contribution in [2.45, 2.75) is 26.2 Å². The van der Waals surface area contributed by atoms with Crippen molar-refractivity contribution in [3.63, 3.8) is 0 Å². The van der Waals surface area contributed by atoms with E-state index >= 15 is 0 Å². The molecule has 3 N–H and O–H groups in total. The number of halogens is 1. The van der Waals surface area contributed by atoms with Crippen molar-refractivity contribution in [3.05, 3.63) is 34.5 Å². The van der Waals surface area contributed by atoms with Crippen LogP contribution in [0.2, 0.25) is 5.02 Å². The van der Waals surface area contributed by atoms with Crippen LogP contribution in [0.3, 0.4) is 0 Å². The summed E-state index contributed by atoms with van der Waals surface area (Å²) in [6.07, 6.45) is 2.04. The Labute approximate surface area is 101 Å². The van der Waals surface area contributed by atoms with Gasteiger partial charge in [-0.25, -0.2) is 0 Å². The molecule has 86 valence electrons. The van der Waals surface area contributed by atoms with Crippen molar-refractivity contribution in [2.24, 2.45) is 5.73 Å². The fourth-order valence-electron chi connectivity index (χ4n) is 1.99. The van der Waals surface area contributed by atoms with Crippen molar-refractivity contribution < 1.29 is 0 Å². The van der Waals surface area contributed by atoms with E-state index in [1.165, 1.54) is 10.9 Å². The molecule has 0 fully saturated rings. The van der Waals surface area contributed by atoms with Crippen LogP contribution in [0.25, 0.3) is 10.9 Å². The zero-order valence-corrected chi connectivity index (χ0v) is 10.7. The predicted molar refractivity (Wildman–Crippen MR) is 70.1 cm³/mol. The van der Waals surface area contributed by atoms with E-state index in [-0.39, 0.29) is 5.41 Å². The van der Waals surface area contributed by atoms with Gasteiger partial charge < -0.3 is 10.7 Å². The van der Waals surface area contributed by atoms with E-state index < -0.39 is 0 Å². The summed E-state index contributed by atoms with van der Waals surface area (Å²) < 4.78 is 0. The Morgan fingerprint density at radius 3 is 2.69 bits per heavy atom. The fraction of sp³-hybridized carbons (Fsp3) is 0.385. The summed E-state index contributed by atoms with van der Waals surface area (Å²) in [5, 5.41) is 2.02. The number of aromatic nitrogens is 1. The Bertz CT molecular complexity index is 526. The smallest absolute Gasteiger partial charge is 0.0501 e. The molecule has 1 aromatic carbocycles. The molecule has 0 aliphatic carbocycles. The first kappa shape index (κ1) is 11.5. The van der Waals surface area contributed by atoms with Crippen molar-refractivity contribution in [1.82, 2.24) is 4.98 Å². The van der Waals surface area contributed by atoms with Gasteiger partial charge in [0.05, 0.1) is 5.52 Å². The Morgan fingerprint density at radius 1 is 1.38 bits per heavy atom. The summed E-state index contributed by atoms with van der Waals surface area (Å²) in [5.74, 6) is 0. The summed E-state index contributed by atoms with van der Waals surface area (Å²) in [4.78, 5) is 3.30. The molecule has 0 radical (unpaired) electrons. The van der Waals surface area contributed by atoms with Crippen molar-refractivity contribution in [2.75, 3.05) is 6.54 Å². The number of nitrogens with two attached hydrogens (primary N) is 1. The van der Waals surface area contributed by atoms with Gasteiger partial charge in [0.15, 0.2) is 0 Å². The third kappa shape index (κ3) is 1.62. The van der Waals surface area contributed by atoms with Gasteiger partial charge in [0.2, 0.25) is 0 Å². The van der Waals surface area contributed by atoms with Crippen LogP contribution in [0.1, 0.15) is 25.0 Å². The second kappa shape index (κ2) is 3.79. The van der Waals surface area contributed by atoms with Crippen LogP contribution in [0.5, 0.6) is 0 Å². The monoisotopic (exact) mass is 236 g/mol. The van der Waals surface area contributed by atoms with Gasteiger partial charge in [0, 0.05) is 28.6 Å². The lowest BCUT2D eigenvalue weighted by atomic mass is 9.84. The van der Waals surface area contributed by atoms with Crippen LogP contribution >= 0.6 is 11.6 Å². The highest BCUT2D eigenvalue weighted by atomic mass is 35.5. The highest BCUT2D eigenvalue weighted by molar-refractivity contribution is 6.32. The normalized spacial score (nSPS) is 12.3. The van der Waals surface area contributed by atoms with Gasteiger partial charge in [-0.1, -0.05) is 31.5 Å². The van der Waals surface area contributed by atoms with E-state index in [4.69, 9.17) is 17.3 Å². The van der Waals surface area contributed by atoms with Crippen LogP contribution in [0.4, 0.5) is 0 Å². The minimum absolute atomic E-state index is 0.0154. The van der Waals surface area contributed by atoms with Crippen LogP contribution in [-0.2, 0) is 5.41 Å². The number of rotatable bonds is 2. The Morgan fingerprint density at radius 2 is 2.06 bits per heavy atom. The maximum Gasteiger partial charge on any atom is 0.0501 e. The minimum Gasteiger partial charge on any atom is -0.361 e. The summed E-state index contributed by atoms with van der Waals surface area (Å²) in [6.45, 7) is 6.96. The van der Waals surface area contributed by atoms with Gasteiger partial charge in [0.1, 0.15) is 0 Å².